The third kappa shape index (κ3) is 5.55. The molecule has 1 aromatic rings. The van der Waals surface area contributed by atoms with Crippen LogP contribution in [-0.2, 0) is 11.3 Å². The van der Waals surface area contributed by atoms with Gasteiger partial charge in [0.2, 0.25) is 0 Å². The van der Waals surface area contributed by atoms with E-state index in [0.29, 0.717) is 12.6 Å². The highest BCUT2D eigenvalue weighted by atomic mass is 32.1. The van der Waals surface area contributed by atoms with Crippen molar-refractivity contribution in [3.05, 3.63) is 16.1 Å². The molecule has 0 bridgehead atoms. The molecule has 2 N–H and O–H groups in total. The Hall–Kier alpha value is -1.18. The monoisotopic (exact) mass is 325 g/mol. The number of morpholine rings is 1. The minimum atomic E-state index is 0.471. The second-order valence-corrected chi connectivity index (χ2v) is 6.74. The Balaban J connectivity index is 1.82. The van der Waals surface area contributed by atoms with E-state index in [4.69, 9.17) is 4.74 Å². The lowest BCUT2D eigenvalue weighted by molar-refractivity contribution is 0.0211. The van der Waals surface area contributed by atoms with Crippen molar-refractivity contribution in [3.63, 3.8) is 0 Å². The third-order valence-corrected chi connectivity index (χ3v) is 4.54. The van der Waals surface area contributed by atoms with Gasteiger partial charge in [-0.3, -0.25) is 4.90 Å². The van der Waals surface area contributed by atoms with Crippen LogP contribution in [0.3, 0.4) is 0 Å². The first-order valence-electron chi connectivity index (χ1n) is 7.94. The fourth-order valence-electron chi connectivity index (χ4n) is 2.37. The lowest BCUT2D eigenvalue weighted by Gasteiger charge is -2.32. The Morgan fingerprint density at radius 3 is 2.86 bits per heavy atom. The minimum Gasteiger partial charge on any atom is -0.379 e. The van der Waals surface area contributed by atoms with Crippen molar-refractivity contribution in [3.8, 4) is 0 Å². The number of aromatic nitrogens is 1. The summed E-state index contributed by atoms with van der Waals surface area (Å²) in [5.74, 6) is 0.869. The topological polar surface area (TPSA) is 61.8 Å². The van der Waals surface area contributed by atoms with Crippen molar-refractivity contribution < 1.29 is 4.74 Å². The number of hydrogen-bond donors (Lipinski definition) is 2. The summed E-state index contributed by atoms with van der Waals surface area (Å²) in [7, 11) is 0. The zero-order chi connectivity index (χ0) is 15.8. The Morgan fingerprint density at radius 2 is 2.23 bits per heavy atom. The van der Waals surface area contributed by atoms with Crippen molar-refractivity contribution in [1.29, 1.82) is 0 Å². The average Bonchev–Trinajstić information content (AvgIpc) is 2.96. The van der Waals surface area contributed by atoms with Gasteiger partial charge in [0.15, 0.2) is 5.96 Å². The number of nitrogens with one attached hydrogen (secondary N) is 2. The Kier molecular flexibility index (Phi) is 7.08. The van der Waals surface area contributed by atoms with E-state index in [-0.39, 0.29) is 0 Å². The van der Waals surface area contributed by atoms with E-state index in [2.05, 4.69) is 39.4 Å². The maximum atomic E-state index is 5.40. The number of rotatable bonds is 6. The van der Waals surface area contributed by atoms with Crippen molar-refractivity contribution >= 4 is 17.3 Å². The predicted octanol–water partition coefficient (Wildman–Crippen LogP) is 1.23. The van der Waals surface area contributed by atoms with Gasteiger partial charge in [-0.1, -0.05) is 0 Å². The van der Waals surface area contributed by atoms with Crippen molar-refractivity contribution in [1.82, 2.24) is 20.5 Å². The van der Waals surface area contributed by atoms with Gasteiger partial charge in [0.1, 0.15) is 0 Å². The standard InChI is InChI=1S/C15H27N5OS/c1-4-16-15(19-11-14-10-17-13(3)22-14)18-9-12(2)20-5-7-21-8-6-20/h10,12H,4-9,11H2,1-3H3,(H2,16,18,19). The number of hydrogen-bond acceptors (Lipinski definition) is 5. The molecule has 7 heteroatoms. The molecule has 0 radical (unpaired) electrons. The minimum absolute atomic E-state index is 0.471. The lowest BCUT2D eigenvalue weighted by atomic mass is 10.2. The summed E-state index contributed by atoms with van der Waals surface area (Å²) >= 11 is 1.70. The number of aliphatic imine (C=N–C) groups is 1. The largest absolute Gasteiger partial charge is 0.379 e. The van der Waals surface area contributed by atoms with Crippen molar-refractivity contribution in [2.75, 3.05) is 39.4 Å². The van der Waals surface area contributed by atoms with E-state index in [9.17, 15) is 0 Å². The van der Waals surface area contributed by atoms with E-state index in [1.165, 1.54) is 4.88 Å². The maximum absolute atomic E-state index is 5.40. The highest BCUT2D eigenvalue weighted by Gasteiger charge is 2.16. The fraction of sp³-hybridized carbons (Fsp3) is 0.733. The van der Waals surface area contributed by atoms with E-state index in [1.54, 1.807) is 11.3 Å². The molecule has 1 unspecified atom stereocenters. The normalized spacial score (nSPS) is 18.2. The van der Waals surface area contributed by atoms with Gasteiger partial charge < -0.3 is 15.4 Å². The Morgan fingerprint density at radius 1 is 1.45 bits per heavy atom. The summed E-state index contributed by atoms with van der Waals surface area (Å²) in [4.78, 5) is 12.5. The van der Waals surface area contributed by atoms with Gasteiger partial charge in [0.05, 0.1) is 24.8 Å². The molecule has 0 spiro atoms. The molecule has 2 rings (SSSR count). The quantitative estimate of drug-likeness (QED) is 0.608. The molecular formula is C15H27N5OS. The van der Waals surface area contributed by atoms with Gasteiger partial charge in [-0.15, -0.1) is 11.3 Å². The Bertz CT molecular complexity index is 470. The van der Waals surface area contributed by atoms with Crippen LogP contribution in [0.1, 0.15) is 23.7 Å². The van der Waals surface area contributed by atoms with Crippen LogP contribution in [0.15, 0.2) is 11.2 Å². The number of guanidine groups is 1. The first kappa shape index (κ1) is 17.2. The molecule has 1 fully saturated rings. The molecule has 124 valence electrons. The predicted molar refractivity (Wildman–Crippen MR) is 91.5 cm³/mol. The molecular weight excluding hydrogens is 298 g/mol. The number of aryl methyl sites for hydroxylation is 1. The molecule has 2 heterocycles. The summed E-state index contributed by atoms with van der Waals surface area (Å²) < 4.78 is 5.40. The van der Waals surface area contributed by atoms with Gasteiger partial charge in [0, 0.05) is 43.3 Å². The summed E-state index contributed by atoms with van der Waals surface area (Å²) in [5.41, 5.74) is 0. The molecule has 6 nitrogen and oxygen atoms in total. The highest BCUT2D eigenvalue weighted by Crippen LogP contribution is 2.12. The van der Waals surface area contributed by atoms with Crippen LogP contribution < -0.4 is 10.6 Å². The molecule has 0 aliphatic carbocycles. The summed E-state index contributed by atoms with van der Waals surface area (Å²) in [6.45, 7) is 12.5. The molecule has 1 aliphatic rings. The highest BCUT2D eigenvalue weighted by molar-refractivity contribution is 7.11. The van der Waals surface area contributed by atoms with Gasteiger partial charge in [-0.2, -0.15) is 0 Å². The average molecular weight is 325 g/mol. The van der Waals surface area contributed by atoms with Gasteiger partial charge in [-0.05, 0) is 20.8 Å². The summed E-state index contributed by atoms with van der Waals surface area (Å²) in [6, 6.07) is 0.471. The molecule has 0 aromatic carbocycles. The van der Waals surface area contributed by atoms with Gasteiger partial charge in [0.25, 0.3) is 0 Å². The second kappa shape index (κ2) is 9.07. The molecule has 1 atom stereocenters. The molecule has 0 amide bonds. The van der Waals surface area contributed by atoms with E-state index < -0.39 is 0 Å². The Labute approximate surface area is 137 Å². The molecule has 1 saturated heterocycles. The van der Waals surface area contributed by atoms with E-state index in [1.807, 2.05) is 13.1 Å². The van der Waals surface area contributed by atoms with Crippen LogP contribution >= 0.6 is 11.3 Å². The van der Waals surface area contributed by atoms with Crippen molar-refractivity contribution in [2.45, 2.75) is 33.4 Å². The van der Waals surface area contributed by atoms with Crippen LogP contribution in [0.5, 0.6) is 0 Å². The second-order valence-electron chi connectivity index (χ2n) is 5.42. The smallest absolute Gasteiger partial charge is 0.191 e. The number of nitrogens with zero attached hydrogens (tertiary/aromatic N) is 3. The first-order chi connectivity index (χ1) is 10.7. The lowest BCUT2D eigenvalue weighted by Crippen LogP contribution is -2.49. The SMILES string of the molecule is CCNC(=NCc1cnc(C)s1)NCC(C)N1CCOCC1. The number of ether oxygens (including phenoxy) is 1. The van der Waals surface area contributed by atoms with Gasteiger partial charge >= 0.3 is 0 Å². The molecule has 1 aliphatic heterocycles. The first-order valence-corrected chi connectivity index (χ1v) is 8.76. The van der Waals surface area contributed by atoms with Crippen LogP contribution in [0.2, 0.25) is 0 Å². The third-order valence-electron chi connectivity index (χ3n) is 3.64. The fourth-order valence-corrected chi connectivity index (χ4v) is 3.09. The summed E-state index contributed by atoms with van der Waals surface area (Å²) in [6.07, 6.45) is 1.91. The molecule has 22 heavy (non-hydrogen) atoms. The van der Waals surface area contributed by atoms with Crippen LogP contribution in [0.25, 0.3) is 0 Å². The van der Waals surface area contributed by atoms with Crippen molar-refractivity contribution in [2.24, 2.45) is 4.99 Å². The van der Waals surface area contributed by atoms with Crippen LogP contribution in [0.4, 0.5) is 0 Å². The van der Waals surface area contributed by atoms with E-state index >= 15 is 0 Å². The zero-order valence-corrected chi connectivity index (χ0v) is 14.6. The molecule has 0 saturated carbocycles. The molecule has 1 aromatic heterocycles. The summed E-state index contributed by atoms with van der Waals surface area (Å²) in [5, 5.41) is 7.82. The maximum Gasteiger partial charge on any atom is 0.191 e. The van der Waals surface area contributed by atoms with Crippen LogP contribution in [0, 0.1) is 6.92 Å². The van der Waals surface area contributed by atoms with Crippen LogP contribution in [-0.4, -0.2) is 61.3 Å². The van der Waals surface area contributed by atoms with E-state index in [0.717, 1.165) is 50.4 Å². The zero-order valence-electron chi connectivity index (χ0n) is 13.8. The number of thiazole rings is 1. The van der Waals surface area contributed by atoms with Gasteiger partial charge in [-0.25, -0.2) is 9.98 Å².